The van der Waals surface area contributed by atoms with Gasteiger partial charge in [0.2, 0.25) is 5.91 Å². The number of nitrogens with zero attached hydrogens (tertiary/aromatic N) is 2. The van der Waals surface area contributed by atoms with Gasteiger partial charge >= 0.3 is 0 Å². The minimum atomic E-state index is 0.107. The number of anilines is 3. The summed E-state index contributed by atoms with van der Waals surface area (Å²) in [5, 5.41) is 3.10. The molecule has 0 saturated heterocycles. The molecule has 1 atom stereocenters. The highest BCUT2D eigenvalue weighted by Gasteiger charge is 2.26. The summed E-state index contributed by atoms with van der Waals surface area (Å²) >= 11 is 0. The third-order valence-electron chi connectivity index (χ3n) is 5.78. The third kappa shape index (κ3) is 3.77. The van der Waals surface area contributed by atoms with E-state index in [1.165, 1.54) is 22.5 Å². The van der Waals surface area contributed by atoms with E-state index in [-0.39, 0.29) is 5.91 Å². The van der Waals surface area contributed by atoms with E-state index in [4.69, 9.17) is 5.73 Å². The topological polar surface area (TPSA) is 70.7 Å². The van der Waals surface area contributed by atoms with E-state index in [1.54, 1.807) is 19.5 Å². The maximum Gasteiger partial charge on any atom is 0.224 e. The van der Waals surface area contributed by atoms with Gasteiger partial charge in [-0.1, -0.05) is 19.1 Å². The van der Waals surface area contributed by atoms with E-state index in [0.717, 1.165) is 42.6 Å². The zero-order chi connectivity index (χ0) is 20.4. The van der Waals surface area contributed by atoms with Crippen LogP contribution in [0.15, 0.2) is 47.6 Å². The van der Waals surface area contributed by atoms with Crippen LogP contribution in [0.3, 0.4) is 0 Å². The number of nitrogens with two attached hydrogens (primary N) is 1. The quantitative estimate of drug-likeness (QED) is 0.771. The van der Waals surface area contributed by atoms with E-state index in [1.807, 2.05) is 12.1 Å². The SMILES string of the molecule is CN=CC(=CN)c1ccc2c(c1)CCCN2c1cccc2c1C[C@H](C)CC(=O)N2. The van der Waals surface area contributed by atoms with E-state index in [0.29, 0.717) is 12.3 Å². The molecular formula is C24H28N4O. The van der Waals surface area contributed by atoms with Crippen LogP contribution in [0.4, 0.5) is 17.1 Å². The molecule has 3 N–H and O–H groups in total. The second kappa shape index (κ2) is 8.11. The van der Waals surface area contributed by atoms with Crippen molar-refractivity contribution in [2.24, 2.45) is 16.6 Å². The molecule has 5 nitrogen and oxygen atoms in total. The summed E-state index contributed by atoms with van der Waals surface area (Å²) in [6.45, 7) is 3.12. The molecule has 0 aromatic heterocycles. The summed E-state index contributed by atoms with van der Waals surface area (Å²) in [6.07, 6.45) is 7.01. The zero-order valence-corrected chi connectivity index (χ0v) is 17.1. The van der Waals surface area contributed by atoms with Gasteiger partial charge in [-0.15, -0.1) is 0 Å². The molecule has 1 amide bonds. The van der Waals surface area contributed by atoms with Gasteiger partial charge in [0.05, 0.1) is 0 Å². The number of amides is 1. The molecule has 29 heavy (non-hydrogen) atoms. The number of carbonyl (C=O) groups excluding carboxylic acids is 1. The van der Waals surface area contributed by atoms with Gasteiger partial charge in [0.25, 0.3) is 0 Å². The Kier molecular flexibility index (Phi) is 5.38. The summed E-state index contributed by atoms with van der Waals surface area (Å²) in [5.41, 5.74) is 13.8. The van der Waals surface area contributed by atoms with Crippen LogP contribution in [-0.4, -0.2) is 25.7 Å². The van der Waals surface area contributed by atoms with Crippen molar-refractivity contribution >= 4 is 34.8 Å². The van der Waals surface area contributed by atoms with E-state index in [9.17, 15) is 4.79 Å². The molecule has 150 valence electrons. The fourth-order valence-electron chi connectivity index (χ4n) is 4.48. The lowest BCUT2D eigenvalue weighted by Crippen LogP contribution is -2.26. The fourth-order valence-corrected chi connectivity index (χ4v) is 4.48. The van der Waals surface area contributed by atoms with Gasteiger partial charge in [0, 0.05) is 55.1 Å². The average Bonchev–Trinajstić information content (AvgIpc) is 2.87. The number of hydrogen-bond acceptors (Lipinski definition) is 4. The standard InChI is InChI=1S/C24H28N4O/c1-16-11-20-21(27-24(29)12-16)6-3-7-23(20)28-10-4-5-18-13-17(8-9-22(18)28)19(14-25)15-26-2/h3,6-9,13-16H,4-5,10-12,25H2,1-2H3,(H,27,29)/t16-/m0/s1. The highest BCUT2D eigenvalue weighted by molar-refractivity contribution is 6.09. The van der Waals surface area contributed by atoms with Gasteiger partial charge in [0.15, 0.2) is 0 Å². The van der Waals surface area contributed by atoms with Gasteiger partial charge in [-0.05, 0) is 66.1 Å². The second-order valence-corrected chi connectivity index (χ2v) is 7.97. The molecule has 0 aliphatic carbocycles. The minimum Gasteiger partial charge on any atom is -0.404 e. The molecule has 0 bridgehead atoms. The van der Waals surface area contributed by atoms with Crippen LogP contribution in [0.5, 0.6) is 0 Å². The predicted octanol–water partition coefficient (Wildman–Crippen LogP) is 4.29. The molecule has 0 fully saturated rings. The fraction of sp³-hybridized carbons (Fsp3) is 0.333. The summed E-state index contributed by atoms with van der Waals surface area (Å²) in [6, 6.07) is 12.8. The summed E-state index contributed by atoms with van der Waals surface area (Å²) in [4.78, 5) is 18.7. The van der Waals surface area contributed by atoms with Crippen molar-refractivity contribution in [2.45, 2.75) is 32.6 Å². The molecule has 5 heteroatoms. The largest absolute Gasteiger partial charge is 0.404 e. The van der Waals surface area contributed by atoms with Crippen LogP contribution in [0.2, 0.25) is 0 Å². The predicted molar refractivity (Wildman–Crippen MR) is 121 cm³/mol. The zero-order valence-electron chi connectivity index (χ0n) is 17.1. The number of rotatable bonds is 3. The maximum atomic E-state index is 12.2. The molecule has 0 radical (unpaired) electrons. The number of aryl methyl sites for hydroxylation is 1. The van der Waals surface area contributed by atoms with Crippen molar-refractivity contribution in [3.63, 3.8) is 0 Å². The number of benzene rings is 2. The Bertz CT molecular complexity index is 992. The number of allylic oxidation sites excluding steroid dienone is 1. The van der Waals surface area contributed by atoms with Crippen LogP contribution in [0.1, 0.15) is 36.5 Å². The third-order valence-corrected chi connectivity index (χ3v) is 5.78. The monoisotopic (exact) mass is 388 g/mol. The summed E-state index contributed by atoms with van der Waals surface area (Å²) in [7, 11) is 1.75. The van der Waals surface area contributed by atoms with Gasteiger partial charge in [0.1, 0.15) is 0 Å². The maximum absolute atomic E-state index is 12.2. The first kappa shape index (κ1) is 19.2. The lowest BCUT2D eigenvalue weighted by atomic mass is 9.93. The smallest absolute Gasteiger partial charge is 0.224 e. The van der Waals surface area contributed by atoms with Crippen molar-refractivity contribution in [3.05, 3.63) is 59.3 Å². The first-order valence-corrected chi connectivity index (χ1v) is 10.3. The number of hydrogen-bond donors (Lipinski definition) is 2. The van der Waals surface area contributed by atoms with Crippen LogP contribution in [0.25, 0.3) is 5.57 Å². The van der Waals surface area contributed by atoms with Crippen molar-refractivity contribution in [1.29, 1.82) is 0 Å². The number of aliphatic imine (C=N–C) groups is 1. The van der Waals surface area contributed by atoms with Crippen molar-refractivity contribution in [2.75, 3.05) is 23.8 Å². The normalized spacial score (nSPS) is 19.5. The Labute approximate surface area is 172 Å². The lowest BCUT2D eigenvalue weighted by Gasteiger charge is -2.34. The molecule has 2 aliphatic heterocycles. The van der Waals surface area contributed by atoms with Crippen molar-refractivity contribution in [3.8, 4) is 0 Å². The molecule has 2 aromatic carbocycles. The molecule has 2 heterocycles. The minimum absolute atomic E-state index is 0.107. The summed E-state index contributed by atoms with van der Waals surface area (Å²) < 4.78 is 0. The highest BCUT2D eigenvalue weighted by atomic mass is 16.1. The molecule has 2 aromatic rings. The first-order valence-electron chi connectivity index (χ1n) is 10.3. The molecule has 4 rings (SSSR count). The Hall–Kier alpha value is -3.08. The number of nitrogens with one attached hydrogen (secondary N) is 1. The Morgan fingerprint density at radius 2 is 2.10 bits per heavy atom. The highest BCUT2D eigenvalue weighted by Crippen LogP contribution is 2.40. The van der Waals surface area contributed by atoms with Gasteiger partial charge in [-0.3, -0.25) is 9.79 Å². The van der Waals surface area contributed by atoms with E-state index >= 15 is 0 Å². The van der Waals surface area contributed by atoms with Crippen LogP contribution >= 0.6 is 0 Å². The Morgan fingerprint density at radius 1 is 1.24 bits per heavy atom. The van der Waals surface area contributed by atoms with Crippen molar-refractivity contribution < 1.29 is 4.79 Å². The second-order valence-electron chi connectivity index (χ2n) is 7.97. The molecule has 0 spiro atoms. The van der Waals surface area contributed by atoms with Crippen LogP contribution in [-0.2, 0) is 17.6 Å². The number of carbonyl (C=O) groups is 1. The average molecular weight is 389 g/mol. The molecular weight excluding hydrogens is 360 g/mol. The van der Waals surface area contributed by atoms with Crippen LogP contribution in [0, 0.1) is 5.92 Å². The van der Waals surface area contributed by atoms with Crippen molar-refractivity contribution in [1.82, 2.24) is 0 Å². The molecule has 0 saturated carbocycles. The molecule has 0 unspecified atom stereocenters. The van der Waals surface area contributed by atoms with Gasteiger partial charge in [-0.25, -0.2) is 0 Å². The Balaban J connectivity index is 1.76. The van der Waals surface area contributed by atoms with Crippen LogP contribution < -0.4 is 16.0 Å². The first-order chi connectivity index (χ1) is 14.1. The van der Waals surface area contributed by atoms with E-state index < -0.39 is 0 Å². The summed E-state index contributed by atoms with van der Waals surface area (Å²) in [5.74, 6) is 0.436. The number of fused-ring (bicyclic) bond motifs is 2. The molecule has 2 aliphatic rings. The Morgan fingerprint density at radius 3 is 2.90 bits per heavy atom. The van der Waals surface area contributed by atoms with Gasteiger partial charge in [-0.2, -0.15) is 0 Å². The van der Waals surface area contributed by atoms with Gasteiger partial charge < -0.3 is 16.0 Å². The lowest BCUT2D eigenvalue weighted by molar-refractivity contribution is -0.116. The van der Waals surface area contributed by atoms with E-state index in [2.05, 4.69) is 46.4 Å².